The third-order valence-corrected chi connectivity index (χ3v) is 2.11. The number of nitrogens with two attached hydrogens (primary N) is 1. The first-order valence-corrected chi connectivity index (χ1v) is 5.75. The Hall–Kier alpha value is -1.56. The number of nitrogen functional groups attached to an aromatic ring is 1. The summed E-state index contributed by atoms with van der Waals surface area (Å²) in [6.07, 6.45) is 3.26. The summed E-state index contributed by atoms with van der Waals surface area (Å²) >= 11 is 0. The Balaban J connectivity index is 2.53. The highest BCUT2D eigenvalue weighted by atomic mass is 16.5. The van der Waals surface area contributed by atoms with Crippen molar-refractivity contribution in [2.75, 3.05) is 37.9 Å². The predicted octanol–water partition coefficient (Wildman–Crippen LogP) is 1.30. The topological polar surface area (TPSA) is 82.3 Å². The van der Waals surface area contributed by atoms with E-state index < -0.39 is 0 Å². The Labute approximate surface area is 102 Å². The first-order chi connectivity index (χ1) is 8.29. The predicted molar refractivity (Wildman–Crippen MR) is 67.2 cm³/mol. The lowest BCUT2D eigenvalue weighted by Gasteiger charge is -2.11. The van der Waals surface area contributed by atoms with E-state index in [0.717, 1.165) is 19.4 Å². The van der Waals surface area contributed by atoms with Crippen molar-refractivity contribution in [2.24, 2.45) is 0 Å². The van der Waals surface area contributed by atoms with Crippen LogP contribution in [0.15, 0.2) is 6.33 Å². The van der Waals surface area contributed by atoms with Gasteiger partial charge in [0, 0.05) is 20.3 Å². The zero-order valence-corrected chi connectivity index (χ0v) is 10.4. The second-order valence-electron chi connectivity index (χ2n) is 3.56. The van der Waals surface area contributed by atoms with E-state index in [0.29, 0.717) is 30.6 Å². The number of anilines is 2. The number of aromatic nitrogens is 2. The molecule has 3 N–H and O–H groups in total. The average molecular weight is 240 g/mol. The van der Waals surface area contributed by atoms with E-state index in [2.05, 4.69) is 15.3 Å². The third kappa shape index (κ3) is 4.44. The van der Waals surface area contributed by atoms with Crippen molar-refractivity contribution >= 4 is 11.5 Å². The van der Waals surface area contributed by atoms with Crippen LogP contribution in [0.1, 0.15) is 19.8 Å². The van der Waals surface area contributed by atoms with Gasteiger partial charge < -0.3 is 20.5 Å². The zero-order valence-electron chi connectivity index (χ0n) is 10.4. The lowest BCUT2D eigenvalue weighted by Crippen LogP contribution is -2.10. The van der Waals surface area contributed by atoms with Gasteiger partial charge in [0.1, 0.15) is 12.0 Å². The first kappa shape index (κ1) is 13.5. The summed E-state index contributed by atoms with van der Waals surface area (Å²) in [7, 11) is 1.68. The van der Waals surface area contributed by atoms with Gasteiger partial charge in [-0.25, -0.2) is 4.98 Å². The van der Waals surface area contributed by atoms with Gasteiger partial charge in [0.05, 0.1) is 6.61 Å². The molecule has 1 heterocycles. The van der Waals surface area contributed by atoms with Crippen LogP contribution in [-0.4, -0.2) is 36.8 Å². The molecule has 0 unspecified atom stereocenters. The minimum absolute atomic E-state index is 0.441. The summed E-state index contributed by atoms with van der Waals surface area (Å²) in [5.74, 6) is 1.05. The van der Waals surface area contributed by atoms with E-state index in [-0.39, 0.29) is 0 Å². The Kier molecular flexibility index (Phi) is 6.09. The van der Waals surface area contributed by atoms with Crippen LogP contribution < -0.4 is 15.8 Å². The van der Waals surface area contributed by atoms with Gasteiger partial charge in [0.2, 0.25) is 5.88 Å². The third-order valence-electron chi connectivity index (χ3n) is 2.11. The molecule has 0 fully saturated rings. The van der Waals surface area contributed by atoms with Crippen molar-refractivity contribution in [3.05, 3.63) is 6.33 Å². The van der Waals surface area contributed by atoms with Gasteiger partial charge in [-0.1, -0.05) is 6.92 Å². The highest BCUT2D eigenvalue weighted by molar-refractivity contribution is 5.66. The molecule has 1 rings (SSSR count). The van der Waals surface area contributed by atoms with Crippen LogP contribution in [0.3, 0.4) is 0 Å². The smallest absolute Gasteiger partial charge is 0.242 e. The summed E-state index contributed by atoms with van der Waals surface area (Å²) in [5.41, 5.74) is 6.35. The van der Waals surface area contributed by atoms with Gasteiger partial charge in [0.25, 0.3) is 0 Å². The molecule has 17 heavy (non-hydrogen) atoms. The minimum Gasteiger partial charge on any atom is -0.476 e. The number of methoxy groups -OCH3 is 1. The van der Waals surface area contributed by atoms with Gasteiger partial charge in [0.15, 0.2) is 5.82 Å². The summed E-state index contributed by atoms with van der Waals surface area (Å²) in [6, 6.07) is 0. The lowest BCUT2D eigenvalue weighted by molar-refractivity contribution is 0.198. The largest absolute Gasteiger partial charge is 0.476 e. The Bertz CT molecular complexity index is 333. The molecule has 0 aliphatic carbocycles. The van der Waals surface area contributed by atoms with E-state index in [1.165, 1.54) is 6.33 Å². The van der Waals surface area contributed by atoms with Crippen LogP contribution in [0.4, 0.5) is 11.5 Å². The minimum atomic E-state index is 0.441. The highest BCUT2D eigenvalue weighted by Crippen LogP contribution is 2.24. The van der Waals surface area contributed by atoms with Crippen LogP contribution in [0.25, 0.3) is 0 Å². The van der Waals surface area contributed by atoms with Crippen LogP contribution in [0.5, 0.6) is 5.88 Å². The number of nitrogens with one attached hydrogen (secondary N) is 1. The Morgan fingerprint density at radius 2 is 2.18 bits per heavy atom. The second-order valence-corrected chi connectivity index (χ2v) is 3.56. The molecular formula is C11H20N4O2. The maximum absolute atomic E-state index is 5.90. The maximum Gasteiger partial charge on any atom is 0.242 e. The molecule has 6 heteroatoms. The number of rotatable bonds is 8. The normalized spacial score (nSPS) is 10.2. The van der Waals surface area contributed by atoms with Crippen molar-refractivity contribution in [1.29, 1.82) is 0 Å². The van der Waals surface area contributed by atoms with E-state index in [1.807, 2.05) is 6.92 Å². The van der Waals surface area contributed by atoms with Gasteiger partial charge in [-0.2, -0.15) is 4.98 Å². The van der Waals surface area contributed by atoms with Crippen LogP contribution in [0, 0.1) is 0 Å². The van der Waals surface area contributed by atoms with Crippen LogP contribution in [-0.2, 0) is 4.74 Å². The average Bonchev–Trinajstić information content (AvgIpc) is 2.35. The monoisotopic (exact) mass is 240 g/mol. The van der Waals surface area contributed by atoms with Crippen molar-refractivity contribution in [2.45, 2.75) is 19.8 Å². The quantitative estimate of drug-likeness (QED) is 0.666. The molecule has 96 valence electrons. The van der Waals surface area contributed by atoms with Crippen LogP contribution in [0.2, 0.25) is 0 Å². The number of ether oxygens (including phenoxy) is 2. The lowest BCUT2D eigenvalue weighted by atomic mass is 10.4. The molecule has 6 nitrogen and oxygen atoms in total. The van der Waals surface area contributed by atoms with Crippen LogP contribution >= 0.6 is 0 Å². The maximum atomic E-state index is 5.90. The molecule has 0 saturated heterocycles. The number of hydrogen-bond donors (Lipinski definition) is 2. The van der Waals surface area contributed by atoms with E-state index in [4.69, 9.17) is 15.2 Å². The molecule has 0 amide bonds. The highest BCUT2D eigenvalue weighted by Gasteiger charge is 2.08. The molecule has 0 saturated carbocycles. The molecule has 0 aromatic carbocycles. The summed E-state index contributed by atoms with van der Waals surface area (Å²) in [4.78, 5) is 8.07. The van der Waals surface area contributed by atoms with Gasteiger partial charge in [-0.05, 0) is 12.8 Å². The van der Waals surface area contributed by atoms with Crippen molar-refractivity contribution in [3.63, 3.8) is 0 Å². The molecule has 1 aromatic rings. The van der Waals surface area contributed by atoms with E-state index in [1.54, 1.807) is 7.11 Å². The van der Waals surface area contributed by atoms with E-state index in [9.17, 15) is 0 Å². The van der Waals surface area contributed by atoms with Crippen molar-refractivity contribution in [3.8, 4) is 5.88 Å². The Morgan fingerprint density at radius 1 is 1.35 bits per heavy atom. The molecule has 0 aliphatic heterocycles. The molecule has 1 aromatic heterocycles. The summed E-state index contributed by atoms with van der Waals surface area (Å²) in [6.45, 7) is 4.09. The fourth-order valence-corrected chi connectivity index (χ4v) is 1.26. The Morgan fingerprint density at radius 3 is 2.88 bits per heavy atom. The fraction of sp³-hybridized carbons (Fsp3) is 0.636. The van der Waals surface area contributed by atoms with Gasteiger partial charge in [-0.3, -0.25) is 0 Å². The van der Waals surface area contributed by atoms with Gasteiger partial charge >= 0.3 is 0 Å². The number of nitrogens with zero attached hydrogens (tertiary/aromatic N) is 2. The molecule has 0 atom stereocenters. The zero-order chi connectivity index (χ0) is 12.5. The second kappa shape index (κ2) is 7.67. The van der Waals surface area contributed by atoms with Crippen molar-refractivity contribution < 1.29 is 9.47 Å². The molecule has 0 aliphatic rings. The molecule has 0 bridgehead atoms. The standard InChI is InChI=1S/C11H20N4O2/c1-3-6-17-11-9(12)10(14-8-15-11)13-5-4-7-16-2/h8H,3-7,12H2,1-2H3,(H,13,14,15). The molecular weight excluding hydrogens is 220 g/mol. The first-order valence-electron chi connectivity index (χ1n) is 5.75. The summed E-state index contributed by atoms with van der Waals surface area (Å²) < 4.78 is 10.4. The molecule has 0 spiro atoms. The summed E-state index contributed by atoms with van der Waals surface area (Å²) in [5, 5.41) is 3.13. The number of hydrogen-bond acceptors (Lipinski definition) is 6. The fourth-order valence-electron chi connectivity index (χ4n) is 1.26. The molecule has 0 radical (unpaired) electrons. The van der Waals surface area contributed by atoms with Crippen molar-refractivity contribution in [1.82, 2.24) is 9.97 Å². The van der Waals surface area contributed by atoms with Gasteiger partial charge in [-0.15, -0.1) is 0 Å². The van der Waals surface area contributed by atoms with E-state index >= 15 is 0 Å². The SMILES string of the molecule is CCCOc1ncnc(NCCCOC)c1N.